The number of hydrogen-bond acceptors (Lipinski definition) is 2. The van der Waals surface area contributed by atoms with Crippen molar-refractivity contribution in [3.63, 3.8) is 0 Å². The average molecular weight is 309 g/mol. The van der Waals surface area contributed by atoms with Crippen molar-refractivity contribution in [1.82, 2.24) is 15.0 Å². The van der Waals surface area contributed by atoms with E-state index in [1.807, 2.05) is 24.3 Å². The number of nitrogens with zero attached hydrogens (tertiary/aromatic N) is 2. The Bertz CT molecular complexity index is 660. The molecule has 0 radical (unpaired) electrons. The minimum absolute atomic E-state index is 0.652. The third-order valence-electron chi connectivity index (χ3n) is 2.49. The molecular weight excluding hydrogens is 302 g/mol. The van der Waals surface area contributed by atoms with Crippen molar-refractivity contribution in [1.29, 1.82) is 0 Å². The quantitative estimate of drug-likeness (QED) is 0.737. The molecule has 1 N–H and O–H groups in total. The molecule has 0 aliphatic heterocycles. The van der Waals surface area contributed by atoms with Crippen molar-refractivity contribution >= 4 is 38.6 Å². The Morgan fingerprint density at radius 3 is 2.94 bits per heavy atom. The van der Waals surface area contributed by atoms with Crippen LogP contribution in [-0.4, -0.2) is 15.0 Å². The van der Waals surface area contributed by atoms with Crippen molar-refractivity contribution in [3.8, 4) is 11.4 Å². The molecule has 2 aromatic heterocycles. The minimum atomic E-state index is 0.652. The van der Waals surface area contributed by atoms with E-state index in [1.165, 1.54) is 0 Å². The number of hydrogen-bond donors (Lipinski definition) is 1. The molecule has 0 spiro atoms. The fourth-order valence-electron chi connectivity index (χ4n) is 1.67. The predicted molar refractivity (Wildman–Crippen MR) is 72.0 cm³/mol. The minimum Gasteiger partial charge on any atom is -0.337 e. The number of halogens is 2. The van der Waals surface area contributed by atoms with Gasteiger partial charge in [-0.2, -0.15) is 0 Å². The summed E-state index contributed by atoms with van der Waals surface area (Å²) in [5.41, 5.74) is 2.65. The van der Waals surface area contributed by atoms with Crippen LogP contribution in [0.3, 0.4) is 0 Å². The maximum Gasteiger partial charge on any atom is 0.140 e. The second-order valence-corrected chi connectivity index (χ2v) is 4.81. The summed E-state index contributed by atoms with van der Waals surface area (Å²) in [5.74, 6) is 0.749. The molecular formula is C12H7BrClN3. The number of imidazole rings is 1. The molecule has 0 aliphatic carbocycles. The van der Waals surface area contributed by atoms with E-state index in [0.29, 0.717) is 5.02 Å². The maximum absolute atomic E-state index is 6.23. The Kier molecular flexibility index (Phi) is 2.61. The number of rotatable bonds is 1. The molecule has 3 rings (SSSR count). The molecule has 84 valence electrons. The van der Waals surface area contributed by atoms with Crippen molar-refractivity contribution < 1.29 is 0 Å². The van der Waals surface area contributed by atoms with Gasteiger partial charge in [-0.25, -0.2) is 4.98 Å². The van der Waals surface area contributed by atoms with Gasteiger partial charge in [-0.3, -0.25) is 4.98 Å². The summed E-state index contributed by atoms with van der Waals surface area (Å²) in [6, 6.07) is 7.62. The summed E-state index contributed by atoms with van der Waals surface area (Å²) in [7, 11) is 0. The Labute approximate surface area is 111 Å². The molecule has 0 bridgehead atoms. The zero-order chi connectivity index (χ0) is 11.8. The third kappa shape index (κ3) is 1.83. The number of benzene rings is 1. The number of aromatic amines is 1. The van der Waals surface area contributed by atoms with Gasteiger partial charge in [0.15, 0.2) is 0 Å². The molecule has 0 amide bonds. The number of aromatic nitrogens is 3. The summed E-state index contributed by atoms with van der Waals surface area (Å²) in [4.78, 5) is 11.7. The van der Waals surface area contributed by atoms with Gasteiger partial charge < -0.3 is 4.98 Å². The maximum atomic E-state index is 6.23. The van der Waals surface area contributed by atoms with E-state index in [0.717, 1.165) is 26.9 Å². The summed E-state index contributed by atoms with van der Waals surface area (Å²) >= 11 is 9.63. The number of H-pyrrole nitrogens is 1. The molecule has 17 heavy (non-hydrogen) atoms. The number of pyridine rings is 1. The Morgan fingerprint density at radius 2 is 2.12 bits per heavy atom. The first kappa shape index (κ1) is 10.7. The van der Waals surface area contributed by atoms with Gasteiger partial charge in [0.25, 0.3) is 0 Å². The van der Waals surface area contributed by atoms with Crippen molar-refractivity contribution in [2.75, 3.05) is 0 Å². The molecule has 0 unspecified atom stereocenters. The topological polar surface area (TPSA) is 41.6 Å². The molecule has 0 aliphatic rings. The van der Waals surface area contributed by atoms with E-state index in [-0.39, 0.29) is 0 Å². The van der Waals surface area contributed by atoms with Crippen LogP contribution in [-0.2, 0) is 0 Å². The van der Waals surface area contributed by atoms with Gasteiger partial charge in [-0.1, -0.05) is 17.7 Å². The zero-order valence-corrected chi connectivity index (χ0v) is 11.0. The molecule has 5 heteroatoms. The van der Waals surface area contributed by atoms with Crippen molar-refractivity contribution in [2.24, 2.45) is 0 Å². The largest absolute Gasteiger partial charge is 0.337 e. The van der Waals surface area contributed by atoms with Crippen LogP contribution in [0.1, 0.15) is 0 Å². The average Bonchev–Trinajstić information content (AvgIpc) is 2.76. The SMILES string of the molecule is Clc1c(Br)cccc1-c1nc2ccncc2[nH]1. The molecule has 0 saturated carbocycles. The van der Waals surface area contributed by atoms with Gasteiger partial charge in [0.05, 0.1) is 22.3 Å². The van der Waals surface area contributed by atoms with Crippen molar-refractivity contribution in [3.05, 3.63) is 46.2 Å². The molecule has 0 atom stereocenters. The standard InChI is InChI=1S/C12H7BrClN3/c13-8-3-1-2-7(11(8)14)12-16-9-4-5-15-6-10(9)17-12/h1-6H,(H,16,17). The predicted octanol–water partition coefficient (Wildman–Crippen LogP) is 4.04. The van der Waals surface area contributed by atoms with Crippen LogP contribution >= 0.6 is 27.5 Å². The summed E-state index contributed by atoms with van der Waals surface area (Å²) in [6.45, 7) is 0. The summed E-state index contributed by atoms with van der Waals surface area (Å²) in [6.07, 6.45) is 3.47. The lowest BCUT2D eigenvalue weighted by atomic mass is 10.2. The van der Waals surface area contributed by atoms with E-state index in [9.17, 15) is 0 Å². The molecule has 1 aromatic carbocycles. The Hall–Kier alpha value is -1.39. The first-order chi connectivity index (χ1) is 8.25. The number of nitrogens with one attached hydrogen (secondary N) is 1. The second-order valence-electron chi connectivity index (χ2n) is 3.58. The van der Waals surface area contributed by atoms with Gasteiger partial charge in [-0.05, 0) is 34.1 Å². The third-order valence-corrected chi connectivity index (χ3v) is 3.79. The first-order valence-corrected chi connectivity index (χ1v) is 6.17. The van der Waals surface area contributed by atoms with Crippen LogP contribution in [0.5, 0.6) is 0 Å². The Morgan fingerprint density at radius 1 is 1.24 bits per heavy atom. The van der Waals surface area contributed by atoms with E-state index in [2.05, 4.69) is 30.9 Å². The lowest BCUT2D eigenvalue weighted by molar-refractivity contribution is 1.32. The van der Waals surface area contributed by atoms with E-state index in [1.54, 1.807) is 12.4 Å². The second kappa shape index (κ2) is 4.13. The molecule has 0 saturated heterocycles. The first-order valence-electron chi connectivity index (χ1n) is 5.00. The van der Waals surface area contributed by atoms with E-state index < -0.39 is 0 Å². The van der Waals surface area contributed by atoms with Crippen LogP contribution in [0, 0.1) is 0 Å². The molecule has 3 aromatic rings. The summed E-state index contributed by atoms with van der Waals surface area (Å²) in [5, 5.41) is 0.652. The fraction of sp³-hybridized carbons (Fsp3) is 0. The smallest absolute Gasteiger partial charge is 0.140 e. The Balaban J connectivity index is 2.24. The molecule has 3 nitrogen and oxygen atoms in total. The van der Waals surface area contributed by atoms with Crippen LogP contribution in [0.4, 0.5) is 0 Å². The van der Waals surface area contributed by atoms with E-state index in [4.69, 9.17) is 11.6 Å². The van der Waals surface area contributed by atoms with Gasteiger partial charge in [-0.15, -0.1) is 0 Å². The van der Waals surface area contributed by atoms with Gasteiger partial charge in [0.1, 0.15) is 5.82 Å². The van der Waals surface area contributed by atoms with Crippen LogP contribution in [0.15, 0.2) is 41.1 Å². The van der Waals surface area contributed by atoms with E-state index >= 15 is 0 Å². The monoisotopic (exact) mass is 307 g/mol. The van der Waals surface area contributed by atoms with Gasteiger partial charge >= 0.3 is 0 Å². The fourth-order valence-corrected chi connectivity index (χ4v) is 2.25. The lowest BCUT2D eigenvalue weighted by Crippen LogP contribution is -1.82. The van der Waals surface area contributed by atoms with Gasteiger partial charge in [0, 0.05) is 16.2 Å². The highest BCUT2D eigenvalue weighted by Gasteiger charge is 2.10. The number of fused-ring (bicyclic) bond motifs is 1. The molecule has 0 fully saturated rings. The molecule has 2 heterocycles. The highest BCUT2D eigenvalue weighted by molar-refractivity contribution is 9.10. The van der Waals surface area contributed by atoms with Crippen molar-refractivity contribution in [2.45, 2.75) is 0 Å². The highest BCUT2D eigenvalue weighted by Crippen LogP contribution is 2.32. The summed E-state index contributed by atoms with van der Waals surface area (Å²) < 4.78 is 0.857. The highest BCUT2D eigenvalue weighted by atomic mass is 79.9. The zero-order valence-electron chi connectivity index (χ0n) is 8.61. The lowest BCUT2D eigenvalue weighted by Gasteiger charge is -2.01. The van der Waals surface area contributed by atoms with Crippen LogP contribution < -0.4 is 0 Å². The van der Waals surface area contributed by atoms with Crippen LogP contribution in [0.25, 0.3) is 22.4 Å². The van der Waals surface area contributed by atoms with Crippen LogP contribution in [0.2, 0.25) is 5.02 Å². The van der Waals surface area contributed by atoms with Gasteiger partial charge in [0.2, 0.25) is 0 Å². The normalized spacial score (nSPS) is 10.9.